The maximum absolute atomic E-state index is 12.7. The Morgan fingerprint density at radius 1 is 0.552 bits per heavy atom. The number of rotatable bonds is 6. The molecule has 0 spiro atoms. The number of sulfonamides is 1. The second-order valence-corrected chi connectivity index (χ2v) is 9.26. The molecule has 0 bridgehead atoms. The molecule has 0 radical (unpaired) electrons. The Morgan fingerprint density at radius 2 is 1.07 bits per heavy atom. The lowest BCUT2D eigenvalue weighted by molar-refractivity contribution is 0.601. The van der Waals surface area contributed by atoms with Crippen LogP contribution in [0.1, 0.15) is 0 Å². The second-order valence-electron chi connectivity index (χ2n) is 6.44. The van der Waals surface area contributed by atoms with Crippen LogP contribution >= 0.6 is 11.8 Å². The van der Waals surface area contributed by atoms with Gasteiger partial charge in [0.1, 0.15) is 0 Å². The first-order valence-electron chi connectivity index (χ1n) is 9.11. The number of hydrogen-bond acceptors (Lipinski definition) is 3. The fourth-order valence-electron chi connectivity index (χ4n) is 2.89. The van der Waals surface area contributed by atoms with Gasteiger partial charge in [-0.1, -0.05) is 72.4 Å². The Labute approximate surface area is 175 Å². The van der Waals surface area contributed by atoms with Crippen LogP contribution in [0.2, 0.25) is 0 Å². The molecule has 144 valence electrons. The van der Waals surface area contributed by atoms with Crippen LogP contribution in [-0.2, 0) is 10.0 Å². The van der Waals surface area contributed by atoms with E-state index >= 15 is 0 Å². The van der Waals surface area contributed by atoms with Gasteiger partial charge in [-0.2, -0.15) is 0 Å². The van der Waals surface area contributed by atoms with E-state index in [1.54, 1.807) is 36.0 Å². The minimum Gasteiger partial charge on any atom is -0.280 e. The molecule has 4 aromatic rings. The molecule has 3 nitrogen and oxygen atoms in total. The minimum atomic E-state index is -3.64. The molecule has 0 heterocycles. The van der Waals surface area contributed by atoms with Gasteiger partial charge in [-0.05, 0) is 59.7 Å². The van der Waals surface area contributed by atoms with Crippen LogP contribution in [0.25, 0.3) is 11.1 Å². The largest absolute Gasteiger partial charge is 0.280 e. The summed E-state index contributed by atoms with van der Waals surface area (Å²) in [5, 5.41) is 0. The fraction of sp³-hybridized carbons (Fsp3) is 0. The predicted octanol–water partition coefficient (Wildman–Crippen LogP) is 6.31. The van der Waals surface area contributed by atoms with E-state index in [-0.39, 0.29) is 4.90 Å². The summed E-state index contributed by atoms with van der Waals surface area (Å²) in [6.07, 6.45) is 0. The maximum atomic E-state index is 12.7. The molecule has 0 aliphatic heterocycles. The van der Waals surface area contributed by atoms with Gasteiger partial charge in [-0.3, -0.25) is 4.72 Å². The number of nitrogens with one attached hydrogen (secondary N) is 1. The molecule has 0 unspecified atom stereocenters. The maximum Gasteiger partial charge on any atom is 0.261 e. The second kappa shape index (κ2) is 8.55. The van der Waals surface area contributed by atoms with Crippen LogP contribution in [-0.4, -0.2) is 8.42 Å². The lowest BCUT2D eigenvalue weighted by Gasteiger charge is -2.10. The Balaban J connectivity index is 1.47. The van der Waals surface area contributed by atoms with Gasteiger partial charge in [-0.25, -0.2) is 8.42 Å². The summed E-state index contributed by atoms with van der Waals surface area (Å²) in [6.45, 7) is 0. The molecule has 4 rings (SSSR count). The van der Waals surface area contributed by atoms with Gasteiger partial charge >= 0.3 is 0 Å². The van der Waals surface area contributed by atoms with E-state index in [0.717, 1.165) is 20.9 Å². The van der Waals surface area contributed by atoms with Crippen molar-refractivity contribution in [3.05, 3.63) is 109 Å². The Hall–Kier alpha value is -3.02. The number of anilines is 1. The van der Waals surface area contributed by atoms with E-state index in [1.807, 2.05) is 84.9 Å². The van der Waals surface area contributed by atoms with Gasteiger partial charge in [0.15, 0.2) is 0 Å². The van der Waals surface area contributed by atoms with E-state index in [4.69, 9.17) is 0 Å². The van der Waals surface area contributed by atoms with Crippen LogP contribution in [0.5, 0.6) is 0 Å². The molecular formula is C24H19NO2S2. The van der Waals surface area contributed by atoms with E-state index in [1.165, 1.54) is 0 Å². The quantitative estimate of drug-likeness (QED) is 0.400. The topological polar surface area (TPSA) is 46.2 Å². The summed E-state index contributed by atoms with van der Waals surface area (Å²) in [6, 6.07) is 34.2. The first kappa shape index (κ1) is 19.3. The van der Waals surface area contributed by atoms with Gasteiger partial charge in [0.25, 0.3) is 10.0 Å². The van der Waals surface area contributed by atoms with Gasteiger partial charge in [0.05, 0.1) is 4.90 Å². The van der Waals surface area contributed by atoms with Crippen molar-refractivity contribution in [3.8, 4) is 11.1 Å². The van der Waals surface area contributed by atoms with Crippen LogP contribution in [0.15, 0.2) is 124 Å². The lowest BCUT2D eigenvalue weighted by Crippen LogP contribution is -2.12. The van der Waals surface area contributed by atoms with Crippen LogP contribution in [0, 0.1) is 0 Å². The van der Waals surface area contributed by atoms with Gasteiger partial charge in [0, 0.05) is 15.5 Å². The highest BCUT2D eigenvalue weighted by Gasteiger charge is 2.14. The molecule has 0 fully saturated rings. The van der Waals surface area contributed by atoms with E-state index in [0.29, 0.717) is 5.69 Å². The Kier molecular flexibility index (Phi) is 5.69. The molecule has 29 heavy (non-hydrogen) atoms. The van der Waals surface area contributed by atoms with Crippen molar-refractivity contribution in [2.75, 3.05) is 4.72 Å². The third-order valence-corrected chi connectivity index (χ3v) is 6.77. The first-order valence-corrected chi connectivity index (χ1v) is 11.4. The Morgan fingerprint density at radius 3 is 1.69 bits per heavy atom. The number of benzene rings is 4. The highest BCUT2D eigenvalue weighted by molar-refractivity contribution is 7.99. The van der Waals surface area contributed by atoms with E-state index < -0.39 is 10.0 Å². The molecule has 1 N–H and O–H groups in total. The molecule has 0 atom stereocenters. The van der Waals surface area contributed by atoms with Gasteiger partial charge in [0.2, 0.25) is 0 Å². The highest BCUT2D eigenvalue weighted by atomic mass is 32.2. The molecular weight excluding hydrogens is 398 g/mol. The molecule has 0 aromatic heterocycles. The highest BCUT2D eigenvalue weighted by Crippen LogP contribution is 2.29. The molecule has 4 aromatic carbocycles. The summed E-state index contributed by atoms with van der Waals surface area (Å²) in [5.74, 6) is 0. The zero-order valence-electron chi connectivity index (χ0n) is 15.5. The Bertz CT molecular complexity index is 1170. The first-order chi connectivity index (χ1) is 14.1. The normalized spacial score (nSPS) is 11.2. The van der Waals surface area contributed by atoms with Crippen LogP contribution in [0.3, 0.4) is 0 Å². The molecule has 0 saturated heterocycles. The van der Waals surface area contributed by atoms with E-state index in [9.17, 15) is 8.42 Å². The van der Waals surface area contributed by atoms with Gasteiger partial charge < -0.3 is 0 Å². The van der Waals surface area contributed by atoms with E-state index in [2.05, 4.69) is 4.72 Å². The summed E-state index contributed by atoms with van der Waals surface area (Å²) < 4.78 is 28.1. The molecule has 0 aliphatic rings. The van der Waals surface area contributed by atoms with Crippen molar-refractivity contribution in [1.82, 2.24) is 0 Å². The van der Waals surface area contributed by atoms with Crippen LogP contribution in [0.4, 0.5) is 5.69 Å². The van der Waals surface area contributed by atoms with Crippen molar-refractivity contribution in [1.29, 1.82) is 0 Å². The monoisotopic (exact) mass is 417 g/mol. The summed E-state index contributed by atoms with van der Waals surface area (Å²) >= 11 is 1.63. The average molecular weight is 418 g/mol. The summed E-state index contributed by atoms with van der Waals surface area (Å²) in [5.41, 5.74) is 2.57. The van der Waals surface area contributed by atoms with Crippen molar-refractivity contribution < 1.29 is 8.42 Å². The summed E-state index contributed by atoms with van der Waals surface area (Å²) in [4.78, 5) is 2.42. The van der Waals surface area contributed by atoms with Crippen LogP contribution < -0.4 is 4.72 Å². The van der Waals surface area contributed by atoms with Gasteiger partial charge in [-0.15, -0.1) is 0 Å². The zero-order valence-corrected chi connectivity index (χ0v) is 17.2. The SMILES string of the molecule is O=S(=O)(Nc1ccc(Sc2ccccc2)cc1)c1ccc(-c2ccccc2)cc1. The molecule has 0 saturated carbocycles. The summed E-state index contributed by atoms with van der Waals surface area (Å²) in [7, 11) is -3.64. The third-order valence-electron chi connectivity index (χ3n) is 4.36. The average Bonchev–Trinajstić information content (AvgIpc) is 2.76. The van der Waals surface area contributed by atoms with Crippen molar-refractivity contribution in [3.63, 3.8) is 0 Å². The van der Waals surface area contributed by atoms with Crippen molar-refractivity contribution >= 4 is 27.5 Å². The molecule has 0 amide bonds. The molecule has 0 aliphatic carbocycles. The lowest BCUT2D eigenvalue weighted by atomic mass is 10.1. The standard InChI is InChI=1S/C24H19NO2S2/c26-29(27,24-17-11-20(12-18-24)19-7-3-1-4-8-19)25-21-13-15-23(16-14-21)28-22-9-5-2-6-10-22/h1-18,25H. The zero-order chi connectivity index (χ0) is 20.1. The fourth-order valence-corrected chi connectivity index (χ4v) is 4.78. The van der Waals surface area contributed by atoms with Crippen molar-refractivity contribution in [2.24, 2.45) is 0 Å². The number of hydrogen-bond donors (Lipinski definition) is 1. The smallest absolute Gasteiger partial charge is 0.261 e. The molecule has 5 heteroatoms. The van der Waals surface area contributed by atoms with Crippen molar-refractivity contribution in [2.45, 2.75) is 14.7 Å². The third kappa shape index (κ3) is 4.88. The minimum absolute atomic E-state index is 0.236. The predicted molar refractivity (Wildman–Crippen MR) is 120 cm³/mol.